The first kappa shape index (κ1) is 11.6. The minimum absolute atomic E-state index is 0.150. The highest BCUT2D eigenvalue weighted by Gasteiger charge is 2.41. The van der Waals surface area contributed by atoms with Crippen LogP contribution in [0.5, 0.6) is 0 Å². The Hall–Kier alpha value is -1.52. The summed E-state index contributed by atoms with van der Waals surface area (Å²) in [6.07, 6.45) is 5.34. The fraction of sp³-hybridized carbons (Fsp3) is 0.692. The standard InChI is InChI=1S/C13H20N4O/c1-7-11(14)12(17-16-7)13(18)15-6-10(8-2-3-8)9-4-5-9/h8-10H,2-6,14H2,1H3,(H,15,18)(H,16,17). The first-order valence-corrected chi connectivity index (χ1v) is 6.75. The predicted molar refractivity (Wildman–Crippen MR) is 69.0 cm³/mol. The molecule has 1 heterocycles. The van der Waals surface area contributed by atoms with Crippen molar-refractivity contribution in [2.24, 2.45) is 17.8 Å². The van der Waals surface area contributed by atoms with Crippen LogP contribution in [0, 0.1) is 24.7 Å². The van der Waals surface area contributed by atoms with E-state index in [-0.39, 0.29) is 5.91 Å². The minimum atomic E-state index is -0.150. The Balaban J connectivity index is 1.59. The molecule has 0 bridgehead atoms. The van der Waals surface area contributed by atoms with Gasteiger partial charge in [0, 0.05) is 6.54 Å². The van der Waals surface area contributed by atoms with Crippen molar-refractivity contribution in [1.29, 1.82) is 0 Å². The molecule has 2 aliphatic rings. The van der Waals surface area contributed by atoms with E-state index >= 15 is 0 Å². The Bertz CT molecular complexity index is 448. The number of nitrogens with zero attached hydrogens (tertiary/aromatic N) is 1. The third-order valence-corrected chi connectivity index (χ3v) is 4.16. The molecule has 2 fully saturated rings. The Morgan fingerprint density at radius 3 is 2.50 bits per heavy atom. The highest BCUT2D eigenvalue weighted by molar-refractivity contribution is 5.97. The lowest BCUT2D eigenvalue weighted by molar-refractivity contribution is 0.0939. The van der Waals surface area contributed by atoms with Gasteiger partial charge < -0.3 is 11.1 Å². The monoisotopic (exact) mass is 248 g/mol. The first-order valence-electron chi connectivity index (χ1n) is 6.75. The molecule has 0 spiro atoms. The lowest BCUT2D eigenvalue weighted by atomic mass is 9.98. The number of nitrogens with two attached hydrogens (primary N) is 1. The molecule has 0 atom stereocenters. The van der Waals surface area contributed by atoms with Crippen LogP contribution in [-0.2, 0) is 0 Å². The highest BCUT2D eigenvalue weighted by Crippen LogP contribution is 2.48. The van der Waals surface area contributed by atoms with Crippen LogP contribution in [0.3, 0.4) is 0 Å². The highest BCUT2D eigenvalue weighted by atomic mass is 16.1. The van der Waals surface area contributed by atoms with Crippen molar-refractivity contribution in [3.05, 3.63) is 11.4 Å². The zero-order chi connectivity index (χ0) is 12.7. The number of carbonyl (C=O) groups excluding carboxylic acids is 1. The number of nitrogen functional groups attached to an aromatic ring is 1. The van der Waals surface area contributed by atoms with Gasteiger partial charge in [-0.25, -0.2) is 0 Å². The molecular weight excluding hydrogens is 228 g/mol. The summed E-state index contributed by atoms with van der Waals surface area (Å²) >= 11 is 0. The summed E-state index contributed by atoms with van der Waals surface area (Å²) < 4.78 is 0. The van der Waals surface area contributed by atoms with Gasteiger partial charge in [-0.3, -0.25) is 9.89 Å². The van der Waals surface area contributed by atoms with Crippen LogP contribution in [-0.4, -0.2) is 22.6 Å². The van der Waals surface area contributed by atoms with Crippen molar-refractivity contribution in [3.8, 4) is 0 Å². The number of aromatic nitrogens is 2. The summed E-state index contributed by atoms with van der Waals surface area (Å²) in [6, 6.07) is 0. The number of carbonyl (C=O) groups is 1. The largest absolute Gasteiger partial charge is 0.395 e. The van der Waals surface area contributed by atoms with Gasteiger partial charge in [0.25, 0.3) is 5.91 Å². The molecule has 1 aromatic heterocycles. The zero-order valence-corrected chi connectivity index (χ0v) is 10.7. The van der Waals surface area contributed by atoms with Crippen LogP contribution in [0.15, 0.2) is 0 Å². The SMILES string of the molecule is Cc1[nH]nc(C(=O)NCC(C2CC2)C2CC2)c1N. The van der Waals surface area contributed by atoms with Crippen molar-refractivity contribution < 1.29 is 4.79 Å². The maximum Gasteiger partial charge on any atom is 0.273 e. The van der Waals surface area contributed by atoms with Gasteiger partial charge in [0.2, 0.25) is 0 Å². The Kier molecular flexibility index (Phi) is 2.76. The summed E-state index contributed by atoms with van der Waals surface area (Å²) in [6.45, 7) is 2.59. The first-order chi connectivity index (χ1) is 8.66. The van der Waals surface area contributed by atoms with Crippen LogP contribution in [0.4, 0.5) is 5.69 Å². The Morgan fingerprint density at radius 2 is 2.06 bits per heavy atom. The number of H-pyrrole nitrogens is 1. The number of aryl methyl sites for hydroxylation is 1. The second-order valence-electron chi connectivity index (χ2n) is 5.66. The van der Waals surface area contributed by atoms with Crippen molar-refractivity contribution in [1.82, 2.24) is 15.5 Å². The smallest absolute Gasteiger partial charge is 0.273 e. The lowest BCUT2D eigenvalue weighted by Crippen LogP contribution is -2.31. The van der Waals surface area contributed by atoms with Crippen molar-refractivity contribution in [2.75, 3.05) is 12.3 Å². The molecule has 98 valence electrons. The second-order valence-corrected chi connectivity index (χ2v) is 5.66. The number of nitrogens with one attached hydrogen (secondary N) is 2. The molecule has 18 heavy (non-hydrogen) atoms. The lowest BCUT2D eigenvalue weighted by Gasteiger charge is -2.15. The summed E-state index contributed by atoms with van der Waals surface area (Å²) in [5.41, 5.74) is 7.34. The molecule has 1 aromatic rings. The molecule has 0 aromatic carbocycles. The fourth-order valence-corrected chi connectivity index (χ4v) is 2.67. The van der Waals surface area contributed by atoms with Crippen LogP contribution in [0.1, 0.15) is 41.9 Å². The van der Waals surface area contributed by atoms with Crippen molar-refractivity contribution >= 4 is 11.6 Å². The number of anilines is 1. The molecule has 3 rings (SSSR count). The van der Waals surface area contributed by atoms with Gasteiger partial charge >= 0.3 is 0 Å². The number of hydrogen-bond donors (Lipinski definition) is 3. The minimum Gasteiger partial charge on any atom is -0.395 e. The summed E-state index contributed by atoms with van der Waals surface area (Å²) in [5.74, 6) is 2.21. The third kappa shape index (κ3) is 2.21. The van der Waals surface area contributed by atoms with E-state index in [1.54, 1.807) is 0 Å². The molecule has 5 nitrogen and oxygen atoms in total. The fourth-order valence-electron chi connectivity index (χ4n) is 2.67. The molecule has 0 aliphatic heterocycles. The molecule has 0 radical (unpaired) electrons. The average molecular weight is 248 g/mol. The molecule has 2 aliphatic carbocycles. The van der Waals surface area contributed by atoms with Crippen molar-refractivity contribution in [2.45, 2.75) is 32.6 Å². The van der Waals surface area contributed by atoms with E-state index in [4.69, 9.17) is 5.73 Å². The quantitative estimate of drug-likeness (QED) is 0.737. The van der Waals surface area contributed by atoms with Crippen LogP contribution >= 0.6 is 0 Å². The van der Waals surface area contributed by atoms with E-state index in [2.05, 4.69) is 15.5 Å². The van der Waals surface area contributed by atoms with Gasteiger partial charge in [-0.2, -0.15) is 5.10 Å². The summed E-state index contributed by atoms with van der Waals surface area (Å²) in [5, 5.41) is 9.69. The summed E-state index contributed by atoms with van der Waals surface area (Å²) in [4.78, 5) is 12.0. The molecule has 2 saturated carbocycles. The van der Waals surface area contributed by atoms with Crippen LogP contribution < -0.4 is 11.1 Å². The van der Waals surface area contributed by atoms with Crippen LogP contribution in [0.2, 0.25) is 0 Å². The van der Waals surface area contributed by atoms with Gasteiger partial charge in [0.15, 0.2) is 5.69 Å². The molecule has 0 saturated heterocycles. The Labute approximate surface area is 107 Å². The number of rotatable bonds is 5. The van der Waals surface area contributed by atoms with Gasteiger partial charge in [-0.15, -0.1) is 0 Å². The predicted octanol–water partition coefficient (Wildman–Crippen LogP) is 1.47. The van der Waals surface area contributed by atoms with E-state index in [0.717, 1.165) is 24.1 Å². The number of amides is 1. The molecule has 5 heteroatoms. The molecule has 1 amide bonds. The molecule has 4 N–H and O–H groups in total. The molecular formula is C13H20N4O. The van der Waals surface area contributed by atoms with Gasteiger partial charge in [0.05, 0.1) is 11.4 Å². The van der Waals surface area contributed by atoms with E-state index in [0.29, 0.717) is 17.3 Å². The maximum atomic E-state index is 12.0. The third-order valence-electron chi connectivity index (χ3n) is 4.16. The maximum absolute atomic E-state index is 12.0. The average Bonchev–Trinajstić information content (AvgIpc) is 3.23. The van der Waals surface area contributed by atoms with Gasteiger partial charge in [-0.1, -0.05) is 0 Å². The van der Waals surface area contributed by atoms with Crippen LogP contribution in [0.25, 0.3) is 0 Å². The molecule has 0 unspecified atom stereocenters. The van der Waals surface area contributed by atoms with E-state index in [9.17, 15) is 4.79 Å². The van der Waals surface area contributed by atoms with E-state index in [1.165, 1.54) is 25.7 Å². The number of hydrogen-bond acceptors (Lipinski definition) is 3. The number of aromatic amines is 1. The Morgan fingerprint density at radius 1 is 1.44 bits per heavy atom. The van der Waals surface area contributed by atoms with E-state index in [1.807, 2.05) is 6.92 Å². The summed E-state index contributed by atoms with van der Waals surface area (Å²) in [7, 11) is 0. The van der Waals surface area contributed by atoms with E-state index < -0.39 is 0 Å². The second kappa shape index (κ2) is 4.30. The van der Waals surface area contributed by atoms with Gasteiger partial charge in [0.1, 0.15) is 0 Å². The topological polar surface area (TPSA) is 83.8 Å². The van der Waals surface area contributed by atoms with Gasteiger partial charge in [-0.05, 0) is 50.4 Å². The zero-order valence-electron chi connectivity index (χ0n) is 10.7. The van der Waals surface area contributed by atoms with Crippen molar-refractivity contribution in [3.63, 3.8) is 0 Å². The normalized spacial score (nSPS) is 19.2.